The number of hydrogen-bond acceptors (Lipinski definition) is 3. The molecule has 1 heterocycles. The van der Waals surface area contributed by atoms with E-state index in [1.165, 1.54) is 6.08 Å². The molecule has 0 amide bonds. The van der Waals surface area contributed by atoms with Gasteiger partial charge in [0, 0.05) is 0 Å². The summed E-state index contributed by atoms with van der Waals surface area (Å²) < 4.78 is 9.61. The zero-order valence-corrected chi connectivity index (χ0v) is 5.71. The number of ether oxygens (including phenoxy) is 2. The Morgan fingerprint density at radius 2 is 2.60 bits per heavy atom. The fourth-order valence-electron chi connectivity index (χ4n) is 0.527. The molecule has 1 unspecified atom stereocenters. The van der Waals surface area contributed by atoms with Gasteiger partial charge in [0.25, 0.3) is 0 Å². The number of carbonyl (C=O) groups excluding carboxylic acids is 1. The lowest BCUT2D eigenvalue weighted by Crippen LogP contribution is -2.08. The van der Waals surface area contributed by atoms with E-state index < -0.39 is 0 Å². The van der Waals surface area contributed by atoms with Crippen molar-refractivity contribution < 1.29 is 14.3 Å². The number of carbonyl (C=O) groups is 1. The van der Waals surface area contributed by atoms with Crippen molar-refractivity contribution in [2.75, 3.05) is 13.2 Å². The maximum absolute atomic E-state index is 10.6. The smallest absolute Gasteiger partial charge is 0.309 e. The molecule has 0 spiro atoms. The number of rotatable bonds is 4. The highest BCUT2D eigenvalue weighted by Gasteiger charge is 2.23. The largest absolute Gasteiger partial charge is 0.463 e. The molecule has 56 valence electrons. The number of epoxide rings is 1. The van der Waals surface area contributed by atoms with E-state index in [0.717, 1.165) is 6.61 Å². The molecule has 0 bridgehead atoms. The lowest BCUT2D eigenvalue weighted by Gasteiger charge is -1.97. The van der Waals surface area contributed by atoms with Gasteiger partial charge in [-0.25, -0.2) is 0 Å². The van der Waals surface area contributed by atoms with Crippen LogP contribution in [0.1, 0.15) is 6.42 Å². The van der Waals surface area contributed by atoms with Crippen molar-refractivity contribution in [2.45, 2.75) is 12.5 Å². The van der Waals surface area contributed by atoms with E-state index in [2.05, 4.69) is 6.58 Å². The molecule has 1 aliphatic rings. The van der Waals surface area contributed by atoms with Gasteiger partial charge < -0.3 is 9.47 Å². The zero-order valence-electron chi connectivity index (χ0n) is 5.71. The first-order valence-electron chi connectivity index (χ1n) is 3.21. The van der Waals surface area contributed by atoms with Gasteiger partial charge in [0.05, 0.1) is 13.0 Å². The molecular formula is C7H10O3. The van der Waals surface area contributed by atoms with E-state index in [-0.39, 0.29) is 18.5 Å². The predicted molar refractivity (Wildman–Crippen MR) is 35.5 cm³/mol. The third kappa shape index (κ3) is 2.64. The zero-order chi connectivity index (χ0) is 7.40. The summed E-state index contributed by atoms with van der Waals surface area (Å²) in [5.41, 5.74) is 0. The maximum atomic E-state index is 10.6. The first-order valence-corrected chi connectivity index (χ1v) is 3.21. The van der Waals surface area contributed by atoms with E-state index in [1.807, 2.05) is 0 Å². The molecule has 1 saturated heterocycles. The average molecular weight is 142 g/mol. The van der Waals surface area contributed by atoms with E-state index in [4.69, 9.17) is 9.47 Å². The van der Waals surface area contributed by atoms with Gasteiger partial charge in [-0.05, 0) is 0 Å². The lowest BCUT2D eigenvalue weighted by atomic mass is 10.4. The summed E-state index contributed by atoms with van der Waals surface area (Å²) in [5.74, 6) is -0.231. The van der Waals surface area contributed by atoms with Gasteiger partial charge in [-0.3, -0.25) is 4.79 Å². The van der Waals surface area contributed by atoms with Crippen LogP contribution in [0.25, 0.3) is 0 Å². The minimum absolute atomic E-state index is 0.161. The first-order chi connectivity index (χ1) is 4.83. The van der Waals surface area contributed by atoms with Gasteiger partial charge in [0.1, 0.15) is 12.7 Å². The highest BCUT2D eigenvalue weighted by atomic mass is 16.6. The Labute approximate surface area is 59.6 Å². The second kappa shape index (κ2) is 3.37. The lowest BCUT2D eigenvalue weighted by molar-refractivity contribution is -0.143. The third-order valence-corrected chi connectivity index (χ3v) is 1.14. The van der Waals surface area contributed by atoms with Gasteiger partial charge >= 0.3 is 5.97 Å². The standard InChI is InChI=1S/C7H10O3/c1-2-3-7(8)10-5-6-4-9-6/h2,6H,1,3-5H2. The Morgan fingerprint density at radius 3 is 3.10 bits per heavy atom. The monoisotopic (exact) mass is 142 g/mol. The number of hydrogen-bond donors (Lipinski definition) is 0. The topological polar surface area (TPSA) is 38.8 Å². The van der Waals surface area contributed by atoms with Crippen molar-refractivity contribution in [2.24, 2.45) is 0 Å². The highest BCUT2D eigenvalue weighted by Crippen LogP contribution is 2.08. The van der Waals surface area contributed by atoms with Crippen LogP contribution in [-0.4, -0.2) is 25.3 Å². The van der Waals surface area contributed by atoms with E-state index in [1.54, 1.807) is 0 Å². The molecule has 3 nitrogen and oxygen atoms in total. The molecule has 0 aromatic heterocycles. The fourth-order valence-corrected chi connectivity index (χ4v) is 0.527. The van der Waals surface area contributed by atoms with Crippen LogP contribution in [0.4, 0.5) is 0 Å². The summed E-state index contributed by atoms with van der Waals surface area (Å²) in [7, 11) is 0. The van der Waals surface area contributed by atoms with Crippen LogP contribution in [0, 0.1) is 0 Å². The summed E-state index contributed by atoms with van der Waals surface area (Å²) >= 11 is 0. The summed E-state index contributed by atoms with van der Waals surface area (Å²) in [6.07, 6.45) is 1.97. The average Bonchev–Trinajstić information content (AvgIpc) is 2.67. The van der Waals surface area contributed by atoms with Crippen LogP contribution < -0.4 is 0 Å². The van der Waals surface area contributed by atoms with Crippen LogP contribution in [0.3, 0.4) is 0 Å². The maximum Gasteiger partial charge on any atom is 0.309 e. The third-order valence-electron chi connectivity index (χ3n) is 1.14. The van der Waals surface area contributed by atoms with Gasteiger partial charge in [0.2, 0.25) is 0 Å². The van der Waals surface area contributed by atoms with Crippen LogP contribution >= 0.6 is 0 Å². The van der Waals surface area contributed by atoms with Crippen LogP contribution in [-0.2, 0) is 14.3 Å². The molecule has 0 aliphatic carbocycles. The molecule has 1 aliphatic heterocycles. The molecule has 1 fully saturated rings. The molecule has 0 aromatic carbocycles. The molecule has 1 atom stereocenters. The Bertz CT molecular complexity index is 138. The summed E-state index contributed by atoms with van der Waals surface area (Å²) in [6.45, 7) is 4.53. The van der Waals surface area contributed by atoms with Crippen LogP contribution in [0.2, 0.25) is 0 Å². The van der Waals surface area contributed by atoms with Gasteiger partial charge in [-0.2, -0.15) is 0 Å². The van der Waals surface area contributed by atoms with Gasteiger partial charge in [-0.1, -0.05) is 6.08 Å². The van der Waals surface area contributed by atoms with E-state index >= 15 is 0 Å². The Kier molecular flexibility index (Phi) is 2.45. The number of esters is 1. The molecule has 3 heteroatoms. The van der Waals surface area contributed by atoms with Crippen molar-refractivity contribution in [1.82, 2.24) is 0 Å². The molecular weight excluding hydrogens is 132 g/mol. The molecule has 0 radical (unpaired) electrons. The first kappa shape index (κ1) is 7.28. The van der Waals surface area contributed by atoms with Crippen LogP contribution in [0.15, 0.2) is 12.7 Å². The fraction of sp³-hybridized carbons (Fsp3) is 0.571. The molecule has 1 rings (SSSR count). The molecule has 0 aromatic rings. The SMILES string of the molecule is C=CCC(=O)OCC1CO1. The Morgan fingerprint density at radius 1 is 1.90 bits per heavy atom. The highest BCUT2D eigenvalue weighted by molar-refractivity contribution is 5.70. The normalized spacial score (nSPS) is 21.8. The second-order valence-electron chi connectivity index (χ2n) is 2.13. The van der Waals surface area contributed by atoms with Gasteiger partial charge in [-0.15, -0.1) is 6.58 Å². The second-order valence-corrected chi connectivity index (χ2v) is 2.13. The predicted octanol–water partition coefficient (Wildman–Crippen LogP) is 0.504. The van der Waals surface area contributed by atoms with Crippen molar-refractivity contribution in [3.05, 3.63) is 12.7 Å². The van der Waals surface area contributed by atoms with Crippen LogP contribution in [0.5, 0.6) is 0 Å². The minimum atomic E-state index is -0.231. The Balaban J connectivity index is 1.99. The quantitative estimate of drug-likeness (QED) is 0.326. The minimum Gasteiger partial charge on any atom is -0.463 e. The molecule has 10 heavy (non-hydrogen) atoms. The van der Waals surface area contributed by atoms with E-state index in [0.29, 0.717) is 6.61 Å². The Hall–Kier alpha value is -0.830. The summed E-state index contributed by atoms with van der Waals surface area (Å²) in [4.78, 5) is 10.6. The van der Waals surface area contributed by atoms with Crippen molar-refractivity contribution in [3.8, 4) is 0 Å². The van der Waals surface area contributed by atoms with Gasteiger partial charge in [0.15, 0.2) is 0 Å². The molecule has 0 N–H and O–H groups in total. The van der Waals surface area contributed by atoms with E-state index in [9.17, 15) is 4.79 Å². The summed E-state index contributed by atoms with van der Waals surface area (Å²) in [6, 6.07) is 0. The van der Waals surface area contributed by atoms with Crippen molar-refractivity contribution in [3.63, 3.8) is 0 Å². The van der Waals surface area contributed by atoms with Crippen molar-refractivity contribution in [1.29, 1.82) is 0 Å². The summed E-state index contributed by atoms with van der Waals surface area (Å²) in [5, 5.41) is 0. The molecule has 0 saturated carbocycles. The van der Waals surface area contributed by atoms with Crippen molar-refractivity contribution >= 4 is 5.97 Å².